The van der Waals surface area contributed by atoms with Gasteiger partial charge >= 0.3 is 0 Å². The molecular weight excluding hydrogens is 206 g/mol. The van der Waals surface area contributed by atoms with Crippen molar-refractivity contribution in [2.75, 3.05) is 31.2 Å². The third-order valence-corrected chi connectivity index (χ3v) is 2.84. The lowest BCUT2D eigenvalue weighted by atomic mass is 10.1. The Morgan fingerprint density at radius 1 is 1.31 bits per heavy atom. The van der Waals surface area contributed by atoms with Crippen LogP contribution in [0.4, 0.5) is 5.69 Å². The normalized spacial score (nSPS) is 18.5. The quantitative estimate of drug-likeness (QED) is 0.793. The molecule has 16 heavy (non-hydrogen) atoms. The molecule has 1 unspecified atom stereocenters. The molecule has 0 bridgehead atoms. The van der Waals surface area contributed by atoms with E-state index in [1.54, 1.807) is 19.1 Å². The van der Waals surface area contributed by atoms with Crippen LogP contribution in [0.2, 0.25) is 0 Å². The Morgan fingerprint density at radius 3 is 2.56 bits per heavy atom. The number of anilines is 1. The van der Waals surface area contributed by atoms with Gasteiger partial charge in [0.1, 0.15) is 5.75 Å². The molecule has 1 saturated heterocycles. The van der Waals surface area contributed by atoms with Gasteiger partial charge in [0.25, 0.3) is 0 Å². The Kier molecular flexibility index (Phi) is 3.31. The Balaban J connectivity index is 2.19. The van der Waals surface area contributed by atoms with Crippen molar-refractivity contribution in [2.45, 2.75) is 13.0 Å². The molecule has 4 heteroatoms. The number of morpholine rings is 1. The second-order valence-electron chi connectivity index (χ2n) is 4.02. The zero-order valence-electron chi connectivity index (χ0n) is 9.39. The summed E-state index contributed by atoms with van der Waals surface area (Å²) in [5, 5.41) is 19.2. The van der Waals surface area contributed by atoms with Crippen molar-refractivity contribution in [3.8, 4) is 5.75 Å². The lowest BCUT2D eigenvalue weighted by molar-refractivity contribution is 0.122. The van der Waals surface area contributed by atoms with Gasteiger partial charge in [-0.25, -0.2) is 0 Å². The lowest BCUT2D eigenvalue weighted by Crippen LogP contribution is -2.36. The minimum Gasteiger partial charge on any atom is -0.507 e. The van der Waals surface area contributed by atoms with Crippen molar-refractivity contribution >= 4 is 5.69 Å². The van der Waals surface area contributed by atoms with Gasteiger partial charge in [0.05, 0.1) is 19.3 Å². The number of aliphatic hydroxyl groups excluding tert-OH is 1. The van der Waals surface area contributed by atoms with Gasteiger partial charge in [-0.15, -0.1) is 0 Å². The number of hydrogen-bond donors (Lipinski definition) is 2. The van der Waals surface area contributed by atoms with Gasteiger partial charge in [0.15, 0.2) is 0 Å². The lowest BCUT2D eigenvalue weighted by Gasteiger charge is -2.29. The van der Waals surface area contributed by atoms with Crippen LogP contribution in [-0.4, -0.2) is 36.5 Å². The summed E-state index contributed by atoms with van der Waals surface area (Å²) in [5.41, 5.74) is 1.54. The summed E-state index contributed by atoms with van der Waals surface area (Å²) in [7, 11) is 0. The molecule has 1 atom stereocenters. The van der Waals surface area contributed by atoms with Gasteiger partial charge in [-0.1, -0.05) is 6.07 Å². The third kappa shape index (κ3) is 2.28. The van der Waals surface area contributed by atoms with Crippen molar-refractivity contribution in [3.05, 3.63) is 23.8 Å². The Hall–Kier alpha value is -1.26. The van der Waals surface area contributed by atoms with E-state index in [4.69, 9.17) is 4.74 Å². The van der Waals surface area contributed by atoms with Gasteiger partial charge in [-0.2, -0.15) is 0 Å². The largest absolute Gasteiger partial charge is 0.507 e. The molecule has 0 spiro atoms. The van der Waals surface area contributed by atoms with E-state index in [1.807, 2.05) is 6.07 Å². The fourth-order valence-electron chi connectivity index (χ4n) is 1.90. The molecule has 4 nitrogen and oxygen atoms in total. The van der Waals surface area contributed by atoms with Crippen LogP contribution < -0.4 is 4.90 Å². The van der Waals surface area contributed by atoms with E-state index in [0.29, 0.717) is 5.56 Å². The number of rotatable bonds is 2. The zero-order chi connectivity index (χ0) is 11.5. The van der Waals surface area contributed by atoms with Crippen molar-refractivity contribution in [1.82, 2.24) is 0 Å². The highest BCUT2D eigenvalue weighted by molar-refractivity contribution is 5.54. The number of phenolic OH excluding ortho intramolecular Hbond substituents is 1. The van der Waals surface area contributed by atoms with Gasteiger partial charge in [0, 0.05) is 30.4 Å². The van der Waals surface area contributed by atoms with Crippen LogP contribution in [-0.2, 0) is 4.74 Å². The maximum absolute atomic E-state index is 9.77. The van der Waals surface area contributed by atoms with E-state index >= 15 is 0 Å². The molecule has 0 radical (unpaired) electrons. The first-order valence-electron chi connectivity index (χ1n) is 5.52. The predicted molar refractivity (Wildman–Crippen MR) is 61.8 cm³/mol. The zero-order valence-corrected chi connectivity index (χ0v) is 9.39. The molecule has 2 N–H and O–H groups in total. The topological polar surface area (TPSA) is 52.9 Å². The van der Waals surface area contributed by atoms with E-state index in [2.05, 4.69) is 4.90 Å². The van der Waals surface area contributed by atoms with Crippen molar-refractivity contribution < 1.29 is 14.9 Å². The molecule has 1 heterocycles. The smallest absolute Gasteiger partial charge is 0.123 e. The van der Waals surface area contributed by atoms with E-state index in [9.17, 15) is 10.2 Å². The summed E-state index contributed by atoms with van der Waals surface area (Å²) < 4.78 is 5.27. The maximum atomic E-state index is 9.77. The number of ether oxygens (including phenoxy) is 1. The molecule has 0 amide bonds. The molecule has 0 saturated carbocycles. The second-order valence-corrected chi connectivity index (χ2v) is 4.02. The highest BCUT2D eigenvalue weighted by Crippen LogP contribution is 2.29. The number of nitrogens with zero attached hydrogens (tertiary/aromatic N) is 1. The average molecular weight is 223 g/mol. The first-order valence-corrected chi connectivity index (χ1v) is 5.52. The Labute approximate surface area is 95.1 Å². The monoisotopic (exact) mass is 223 g/mol. The molecular formula is C12H17NO3. The number of phenols is 1. The highest BCUT2D eigenvalue weighted by atomic mass is 16.5. The van der Waals surface area contributed by atoms with E-state index in [0.717, 1.165) is 32.0 Å². The first-order chi connectivity index (χ1) is 7.68. The third-order valence-electron chi connectivity index (χ3n) is 2.84. The maximum Gasteiger partial charge on any atom is 0.123 e. The van der Waals surface area contributed by atoms with Crippen LogP contribution >= 0.6 is 0 Å². The van der Waals surface area contributed by atoms with Crippen molar-refractivity contribution in [3.63, 3.8) is 0 Å². The molecule has 0 aliphatic carbocycles. The van der Waals surface area contributed by atoms with Gasteiger partial charge in [-0.05, 0) is 13.0 Å². The van der Waals surface area contributed by atoms with Crippen LogP contribution in [0, 0.1) is 0 Å². The standard InChI is InChI=1S/C12H17NO3/c1-9(14)11-3-2-10(8-12(11)15)13-4-6-16-7-5-13/h2-3,8-9,14-15H,4-7H2,1H3. The predicted octanol–water partition coefficient (Wildman–Crippen LogP) is 1.28. The van der Waals surface area contributed by atoms with Gasteiger partial charge in [-0.3, -0.25) is 0 Å². The van der Waals surface area contributed by atoms with E-state index in [-0.39, 0.29) is 5.75 Å². The van der Waals surface area contributed by atoms with Crippen LogP contribution in [0.15, 0.2) is 18.2 Å². The van der Waals surface area contributed by atoms with Gasteiger partial charge < -0.3 is 19.8 Å². The summed E-state index contributed by atoms with van der Waals surface area (Å²) in [6.07, 6.45) is -0.640. The summed E-state index contributed by atoms with van der Waals surface area (Å²) in [6.45, 7) is 4.77. The van der Waals surface area contributed by atoms with E-state index < -0.39 is 6.10 Å². The number of aromatic hydroxyl groups is 1. The van der Waals surface area contributed by atoms with Crippen LogP contribution in [0.5, 0.6) is 5.75 Å². The average Bonchev–Trinajstić information content (AvgIpc) is 2.29. The minimum atomic E-state index is -0.640. The molecule has 1 aliphatic heterocycles. The molecule has 88 valence electrons. The number of hydrogen-bond acceptors (Lipinski definition) is 4. The molecule has 1 fully saturated rings. The summed E-state index contributed by atoms with van der Waals surface area (Å²) in [4.78, 5) is 2.16. The fourth-order valence-corrected chi connectivity index (χ4v) is 1.90. The Morgan fingerprint density at radius 2 is 2.00 bits per heavy atom. The number of aliphatic hydroxyl groups is 1. The van der Waals surface area contributed by atoms with Gasteiger partial charge in [0.2, 0.25) is 0 Å². The number of benzene rings is 1. The summed E-state index contributed by atoms with van der Waals surface area (Å²) in [6, 6.07) is 5.39. The second kappa shape index (κ2) is 4.72. The minimum absolute atomic E-state index is 0.152. The van der Waals surface area contributed by atoms with Crippen LogP contribution in [0.25, 0.3) is 0 Å². The van der Waals surface area contributed by atoms with Crippen molar-refractivity contribution in [1.29, 1.82) is 0 Å². The van der Waals surface area contributed by atoms with Crippen molar-refractivity contribution in [2.24, 2.45) is 0 Å². The van der Waals surface area contributed by atoms with Crippen LogP contribution in [0.1, 0.15) is 18.6 Å². The molecule has 0 aromatic heterocycles. The summed E-state index contributed by atoms with van der Waals surface area (Å²) in [5.74, 6) is 0.152. The first kappa shape index (κ1) is 11.2. The van der Waals surface area contributed by atoms with Crippen LogP contribution in [0.3, 0.4) is 0 Å². The molecule has 1 aliphatic rings. The fraction of sp³-hybridized carbons (Fsp3) is 0.500. The Bertz CT molecular complexity index is 359. The molecule has 1 aromatic rings. The highest BCUT2D eigenvalue weighted by Gasteiger charge is 2.14. The SMILES string of the molecule is CC(O)c1ccc(N2CCOCC2)cc1O. The summed E-state index contributed by atoms with van der Waals surface area (Å²) >= 11 is 0. The molecule has 1 aromatic carbocycles. The molecule has 2 rings (SSSR count). The van der Waals surface area contributed by atoms with E-state index in [1.165, 1.54) is 0 Å².